The first kappa shape index (κ1) is 13.6. The van der Waals surface area contributed by atoms with Crippen LogP contribution in [0.5, 0.6) is 5.75 Å². The summed E-state index contributed by atoms with van der Waals surface area (Å²) >= 11 is 11.3. The van der Waals surface area contributed by atoms with E-state index in [1.807, 2.05) is 0 Å². The molecule has 0 bridgehead atoms. The van der Waals surface area contributed by atoms with E-state index in [1.165, 1.54) is 30.3 Å². The molecular formula is C13H8Cl2FNO2. The van der Waals surface area contributed by atoms with Crippen LogP contribution in [-0.4, -0.2) is 11.0 Å². The number of rotatable bonds is 2. The average molecular weight is 300 g/mol. The van der Waals surface area contributed by atoms with Crippen LogP contribution in [0.3, 0.4) is 0 Å². The van der Waals surface area contributed by atoms with Gasteiger partial charge in [-0.25, -0.2) is 4.39 Å². The fraction of sp³-hybridized carbons (Fsp3) is 0. The summed E-state index contributed by atoms with van der Waals surface area (Å²) in [5, 5.41) is 12.3. The number of benzene rings is 2. The van der Waals surface area contributed by atoms with Crippen LogP contribution in [-0.2, 0) is 0 Å². The predicted octanol–water partition coefficient (Wildman–Crippen LogP) is 4.09. The molecule has 0 radical (unpaired) electrons. The Morgan fingerprint density at radius 1 is 1.16 bits per heavy atom. The van der Waals surface area contributed by atoms with Crippen molar-refractivity contribution in [2.24, 2.45) is 0 Å². The van der Waals surface area contributed by atoms with E-state index < -0.39 is 11.7 Å². The third kappa shape index (κ3) is 3.16. The molecule has 1 amide bonds. The van der Waals surface area contributed by atoms with Gasteiger partial charge in [0.15, 0.2) is 0 Å². The molecule has 2 rings (SSSR count). The summed E-state index contributed by atoms with van der Waals surface area (Å²) in [4.78, 5) is 11.9. The van der Waals surface area contributed by atoms with Gasteiger partial charge in [0.05, 0.1) is 10.6 Å². The summed E-state index contributed by atoms with van der Waals surface area (Å²) in [6.45, 7) is 0. The van der Waals surface area contributed by atoms with E-state index in [-0.39, 0.29) is 21.4 Å². The third-order valence-electron chi connectivity index (χ3n) is 2.38. The van der Waals surface area contributed by atoms with Crippen LogP contribution < -0.4 is 5.32 Å². The molecular weight excluding hydrogens is 292 g/mol. The molecule has 3 nitrogen and oxygen atoms in total. The summed E-state index contributed by atoms with van der Waals surface area (Å²) in [5.41, 5.74) is 0.119. The van der Waals surface area contributed by atoms with E-state index in [2.05, 4.69) is 5.32 Å². The Morgan fingerprint density at radius 2 is 1.89 bits per heavy atom. The molecule has 0 aromatic heterocycles. The number of carbonyl (C=O) groups is 1. The Bertz CT molecular complexity index is 647. The molecule has 6 heteroatoms. The number of amides is 1. The highest BCUT2D eigenvalue weighted by atomic mass is 35.5. The number of hydrogen-bond donors (Lipinski definition) is 2. The van der Waals surface area contributed by atoms with Crippen molar-refractivity contribution in [1.82, 2.24) is 0 Å². The molecule has 2 aromatic carbocycles. The van der Waals surface area contributed by atoms with Gasteiger partial charge in [-0.1, -0.05) is 23.2 Å². The highest BCUT2D eigenvalue weighted by molar-refractivity contribution is 6.32. The van der Waals surface area contributed by atoms with E-state index in [9.17, 15) is 14.3 Å². The number of nitrogens with one attached hydrogen (secondary N) is 1. The second-order valence-corrected chi connectivity index (χ2v) is 4.59. The molecule has 2 N–H and O–H groups in total. The molecule has 0 saturated carbocycles. The molecule has 19 heavy (non-hydrogen) atoms. The molecule has 0 spiro atoms. The van der Waals surface area contributed by atoms with Crippen LogP contribution in [0.1, 0.15) is 10.4 Å². The third-order valence-corrected chi connectivity index (χ3v) is 2.93. The Hall–Kier alpha value is -1.78. The lowest BCUT2D eigenvalue weighted by atomic mass is 10.2. The first-order valence-electron chi connectivity index (χ1n) is 5.22. The summed E-state index contributed by atoms with van der Waals surface area (Å²) < 4.78 is 13.5. The smallest absolute Gasteiger partial charge is 0.258 e. The van der Waals surface area contributed by atoms with Gasteiger partial charge in [0.25, 0.3) is 5.91 Å². The minimum atomic E-state index is -0.680. The second kappa shape index (κ2) is 5.47. The summed E-state index contributed by atoms with van der Waals surface area (Å²) in [6, 6.07) is 7.85. The van der Waals surface area contributed by atoms with Crippen molar-refractivity contribution in [2.75, 3.05) is 5.32 Å². The van der Waals surface area contributed by atoms with Crippen LogP contribution in [0, 0.1) is 5.82 Å². The molecule has 0 heterocycles. The quantitative estimate of drug-likeness (QED) is 0.877. The van der Waals surface area contributed by atoms with Crippen LogP contribution in [0.4, 0.5) is 10.1 Å². The van der Waals surface area contributed by atoms with Crippen molar-refractivity contribution in [3.05, 3.63) is 57.8 Å². The first-order valence-corrected chi connectivity index (χ1v) is 5.98. The summed E-state index contributed by atoms with van der Waals surface area (Å²) in [7, 11) is 0. The standard InChI is InChI=1S/C13H8Cl2FNO2/c14-7-1-4-11(16)9(5-7)13(19)17-8-2-3-10(15)12(18)6-8/h1-6,18H,(H,17,19). The molecule has 0 aliphatic heterocycles. The normalized spacial score (nSPS) is 10.3. The number of phenolic OH excluding ortho intramolecular Hbond substituents is 1. The molecule has 2 aromatic rings. The van der Waals surface area contributed by atoms with Gasteiger partial charge >= 0.3 is 0 Å². The van der Waals surface area contributed by atoms with Crippen molar-refractivity contribution in [3.63, 3.8) is 0 Å². The number of aromatic hydroxyl groups is 1. The van der Waals surface area contributed by atoms with Crippen LogP contribution in [0.2, 0.25) is 10.0 Å². The van der Waals surface area contributed by atoms with Crippen molar-refractivity contribution >= 4 is 34.8 Å². The number of anilines is 1. The molecule has 98 valence electrons. The van der Waals surface area contributed by atoms with Crippen molar-refractivity contribution < 1.29 is 14.3 Å². The minimum Gasteiger partial charge on any atom is -0.506 e. The molecule has 0 saturated heterocycles. The SMILES string of the molecule is O=C(Nc1ccc(Cl)c(O)c1)c1cc(Cl)ccc1F. The molecule has 0 fully saturated rings. The molecule has 0 aliphatic rings. The lowest BCUT2D eigenvalue weighted by molar-refractivity contribution is 0.102. The van der Waals surface area contributed by atoms with Gasteiger partial charge in [0, 0.05) is 16.8 Å². The Labute approximate surface area is 118 Å². The van der Waals surface area contributed by atoms with Crippen molar-refractivity contribution in [1.29, 1.82) is 0 Å². The zero-order valence-corrected chi connectivity index (χ0v) is 11.0. The number of halogens is 3. The minimum absolute atomic E-state index is 0.159. The lowest BCUT2D eigenvalue weighted by Gasteiger charge is -2.07. The van der Waals surface area contributed by atoms with Crippen LogP contribution in [0.15, 0.2) is 36.4 Å². The summed E-state index contributed by atoms with van der Waals surface area (Å²) in [5.74, 6) is -1.52. The zero-order chi connectivity index (χ0) is 14.0. The number of carbonyl (C=O) groups excluding carboxylic acids is 1. The fourth-order valence-corrected chi connectivity index (χ4v) is 1.75. The van der Waals surface area contributed by atoms with Gasteiger partial charge in [-0.05, 0) is 30.3 Å². The highest BCUT2D eigenvalue weighted by Gasteiger charge is 2.13. The molecule has 0 aliphatic carbocycles. The zero-order valence-electron chi connectivity index (χ0n) is 9.45. The second-order valence-electron chi connectivity index (χ2n) is 3.74. The van der Waals surface area contributed by atoms with Gasteiger partial charge in [0.2, 0.25) is 0 Å². The molecule has 0 unspecified atom stereocenters. The largest absolute Gasteiger partial charge is 0.506 e. The molecule has 0 atom stereocenters. The Balaban J connectivity index is 2.25. The van der Waals surface area contributed by atoms with E-state index in [4.69, 9.17) is 23.2 Å². The maximum absolute atomic E-state index is 13.5. The van der Waals surface area contributed by atoms with E-state index >= 15 is 0 Å². The topological polar surface area (TPSA) is 49.3 Å². The summed E-state index contributed by atoms with van der Waals surface area (Å²) in [6.07, 6.45) is 0. The van der Waals surface area contributed by atoms with E-state index in [0.717, 1.165) is 6.07 Å². The van der Waals surface area contributed by atoms with Gasteiger partial charge in [0.1, 0.15) is 11.6 Å². The van der Waals surface area contributed by atoms with E-state index in [1.54, 1.807) is 0 Å². The van der Waals surface area contributed by atoms with Gasteiger partial charge in [-0.2, -0.15) is 0 Å². The van der Waals surface area contributed by atoms with Crippen molar-refractivity contribution in [2.45, 2.75) is 0 Å². The maximum Gasteiger partial charge on any atom is 0.258 e. The van der Waals surface area contributed by atoms with Crippen LogP contribution in [0.25, 0.3) is 0 Å². The number of hydrogen-bond acceptors (Lipinski definition) is 2. The van der Waals surface area contributed by atoms with Gasteiger partial charge < -0.3 is 10.4 Å². The average Bonchev–Trinajstić information content (AvgIpc) is 2.36. The fourth-order valence-electron chi connectivity index (χ4n) is 1.46. The van der Waals surface area contributed by atoms with Crippen molar-refractivity contribution in [3.8, 4) is 5.75 Å². The van der Waals surface area contributed by atoms with E-state index in [0.29, 0.717) is 5.69 Å². The number of phenols is 1. The lowest BCUT2D eigenvalue weighted by Crippen LogP contribution is -2.13. The Kier molecular flexibility index (Phi) is 3.93. The Morgan fingerprint density at radius 3 is 2.58 bits per heavy atom. The maximum atomic E-state index is 13.5. The van der Waals surface area contributed by atoms with Gasteiger partial charge in [-0.15, -0.1) is 0 Å². The van der Waals surface area contributed by atoms with Crippen LogP contribution >= 0.6 is 23.2 Å². The van der Waals surface area contributed by atoms with Gasteiger partial charge in [-0.3, -0.25) is 4.79 Å². The predicted molar refractivity (Wildman–Crippen MR) is 72.5 cm³/mol. The first-order chi connectivity index (χ1) is 8.97. The highest BCUT2D eigenvalue weighted by Crippen LogP contribution is 2.26. The monoisotopic (exact) mass is 299 g/mol.